The number of pyridine rings is 3. The monoisotopic (exact) mass is 1820 g/mol. The predicted octanol–water partition coefficient (Wildman–Crippen LogP) is 16.5. The van der Waals surface area contributed by atoms with Gasteiger partial charge in [0, 0.05) is 95.1 Å². The Morgan fingerprint density at radius 2 is 0.822 bits per heavy atom. The highest BCUT2D eigenvalue weighted by atomic mass is 35.5. The molecule has 0 spiro atoms. The minimum absolute atomic E-state index is 0.00853. The Bertz CT molecular complexity index is 6430. The number of anilines is 5. The fourth-order valence-corrected chi connectivity index (χ4v) is 16.4. The molecule has 5 fully saturated rings. The maximum atomic E-state index is 12.8. The number of primary amides is 1. The Morgan fingerprint density at radius 3 is 1.19 bits per heavy atom. The van der Waals surface area contributed by atoms with Crippen molar-refractivity contribution in [2.45, 2.75) is 157 Å². The summed E-state index contributed by atoms with van der Waals surface area (Å²) >= 11 is 18.6. The van der Waals surface area contributed by atoms with Gasteiger partial charge in [0.1, 0.15) is 91.6 Å². The van der Waals surface area contributed by atoms with E-state index >= 15 is 0 Å². The van der Waals surface area contributed by atoms with Gasteiger partial charge in [-0.1, -0.05) is 79.9 Å². The maximum Gasteiger partial charge on any atom is 0.311 e. The number of imidazole rings is 3. The lowest BCUT2D eigenvalue weighted by atomic mass is 10.1. The number of nitrogens with one attached hydrogen (secondary N) is 2. The van der Waals surface area contributed by atoms with Gasteiger partial charge in [-0.3, -0.25) is 52.1 Å². The standard InChI is InChI=1S/C28H33N7O3.C23H26ClN7O2.C12H13Cl2N3O.C11H12N4O3.C11H14N4O.C4H7NO/c1-16-25(32-33-34(16)3)20-8-7-9-21(27(20)37-4)31-22-14-19(15-23(36)18-11-12-18)30-28-26(22)29-17(2)35(28)24-10-5-6-13-38-24;1-13-20(28-29-30(13)3)15-8-7-9-16(22(15)32-4)26-17-12-18(24)27-23-21(17)25-14(2)31(23)19-10-5-6-11-33-19;1-7-15-11-8(13)6-9(14)16-12(11)17(7)10-4-2-3-5-18-10;1-7-10(12-13-14(7)2)8-5-4-6-9(15(16)17)11(8)18-3;1-7-10(13-14-15(7)2)8-5-4-6-9(12)11(8)16-3;5-4(6)3-1-2-3/h7-9,14,18,24H,5-6,10-13,15H2,1-4H3,(H,30,31);7-9,12,19H,5-6,10-11H2,1-4H3,(H,26,27);6,10H,2-5H2,1H3;4-6H,1-3H3;4-6H,12H2,1-3H3;3H,1-2H2,(H2,5,6). The van der Waals surface area contributed by atoms with Crippen LogP contribution < -0.4 is 41.0 Å². The van der Waals surface area contributed by atoms with Gasteiger partial charge in [0.25, 0.3) is 0 Å². The number of amides is 1. The molecule has 129 heavy (non-hydrogen) atoms. The number of hydrogen-bond donors (Lipinski definition) is 4. The third-order valence-electron chi connectivity index (χ3n) is 23.2. The van der Waals surface area contributed by atoms with Crippen molar-refractivity contribution in [1.29, 1.82) is 0 Å². The van der Waals surface area contributed by atoms with Gasteiger partial charge < -0.3 is 55.3 Å². The average molecular weight is 1820 g/mol. The molecule has 1 amide bonds. The van der Waals surface area contributed by atoms with Crippen molar-refractivity contribution >= 4 is 114 Å². The summed E-state index contributed by atoms with van der Waals surface area (Å²) in [5, 5.41) is 52.2. The number of Topliss-reactive ketones (excluding diaryl/α,β-unsaturated/α-hetero) is 1. The molecule has 3 aliphatic heterocycles. The first-order valence-corrected chi connectivity index (χ1v) is 43.6. The summed E-state index contributed by atoms with van der Waals surface area (Å²) in [7, 11) is 13.6. The number of hydrogen-bond acceptors (Lipinski definition) is 28. The molecule has 14 aromatic rings. The van der Waals surface area contributed by atoms with Crippen molar-refractivity contribution < 1.29 is 47.7 Å². The van der Waals surface area contributed by atoms with Gasteiger partial charge in [0.15, 0.2) is 34.2 Å². The van der Waals surface area contributed by atoms with Gasteiger partial charge in [-0.25, -0.2) is 29.9 Å². The number of carbonyl (C=O) groups is 2. The minimum Gasteiger partial charge on any atom is -0.494 e. The quantitative estimate of drug-likeness (QED) is 0.0238. The van der Waals surface area contributed by atoms with Gasteiger partial charge in [-0.05, 0) is 187 Å². The highest BCUT2D eigenvalue weighted by Crippen LogP contribution is 2.45. The molecule has 4 aromatic carbocycles. The highest BCUT2D eigenvalue weighted by molar-refractivity contribution is 6.37. The number of ketones is 1. The molecule has 2 aliphatic carbocycles. The topological polar surface area (TPSA) is 433 Å². The summed E-state index contributed by atoms with van der Waals surface area (Å²) in [5.74, 6) is 5.22. The molecule has 19 rings (SSSR count). The van der Waals surface area contributed by atoms with E-state index in [1.807, 2.05) is 133 Å². The van der Waals surface area contributed by atoms with Crippen LogP contribution in [0.25, 0.3) is 78.5 Å². The Balaban J connectivity index is 0.000000133. The number of nitro groups is 1. The van der Waals surface area contributed by atoms with Crippen molar-refractivity contribution in [3.63, 3.8) is 0 Å². The number of aryl methyl sites for hydroxylation is 7. The molecule has 3 saturated heterocycles. The number of para-hydroxylation sites is 4. The van der Waals surface area contributed by atoms with Crippen LogP contribution in [0.1, 0.15) is 148 Å². The second-order valence-electron chi connectivity index (χ2n) is 31.9. The van der Waals surface area contributed by atoms with Gasteiger partial charge in [0.05, 0.1) is 101 Å². The summed E-state index contributed by atoms with van der Waals surface area (Å²) < 4.78 is 53.0. The Kier molecular flexibility index (Phi) is 29.1. The van der Waals surface area contributed by atoms with Gasteiger partial charge in [0.2, 0.25) is 11.7 Å². The summed E-state index contributed by atoms with van der Waals surface area (Å²) in [6.07, 6.45) is 13.5. The van der Waals surface area contributed by atoms with Gasteiger partial charge >= 0.3 is 5.69 Å². The second-order valence-corrected chi connectivity index (χ2v) is 33.1. The maximum absolute atomic E-state index is 12.8. The van der Waals surface area contributed by atoms with E-state index in [2.05, 4.69) is 71.4 Å². The zero-order valence-electron chi connectivity index (χ0n) is 74.7. The zero-order valence-corrected chi connectivity index (χ0v) is 77.0. The van der Waals surface area contributed by atoms with Crippen LogP contribution >= 0.6 is 34.8 Å². The first-order chi connectivity index (χ1) is 62.1. The predicted molar refractivity (Wildman–Crippen MR) is 490 cm³/mol. The van der Waals surface area contributed by atoms with Crippen LogP contribution in [-0.4, -0.2) is 168 Å². The molecule has 3 atom stereocenters. The smallest absolute Gasteiger partial charge is 0.311 e. The second kappa shape index (κ2) is 40.7. The molecule has 40 heteroatoms. The van der Waals surface area contributed by atoms with Crippen LogP contribution in [-0.2, 0) is 58.4 Å². The lowest BCUT2D eigenvalue weighted by Gasteiger charge is -2.25. The lowest BCUT2D eigenvalue weighted by molar-refractivity contribution is -0.385. The molecule has 5 aliphatic rings. The number of fused-ring (bicyclic) bond motifs is 3. The van der Waals surface area contributed by atoms with Crippen LogP contribution in [0.3, 0.4) is 0 Å². The zero-order chi connectivity index (χ0) is 91.8. The molecule has 2 saturated carbocycles. The summed E-state index contributed by atoms with van der Waals surface area (Å²) in [4.78, 5) is 61.3. The number of methoxy groups -OCH3 is 4. The summed E-state index contributed by atoms with van der Waals surface area (Å²) in [6, 6.07) is 27.4. The SMILES string of the molecule is COc1c(-c2nnn(C)c2C)cccc1[N+](=O)[O-].COc1c(N)cccc1-c1nnn(C)c1C.COc1c(Nc2cc(CC(=O)C3CC3)nc3c2nc(C)n3C2CCCCO2)cccc1-c1nnn(C)c1C.COc1c(Nc2cc(Cl)nc3c2nc(C)n3C2CCCCO2)cccc1-c1nnn(C)c1C.Cc1nc2c(Cl)cc(Cl)nc2n1C1CCCCO1.NC(=O)C1CC1. The van der Waals surface area contributed by atoms with Crippen molar-refractivity contribution in [2.75, 3.05) is 64.6 Å². The van der Waals surface area contributed by atoms with Crippen molar-refractivity contribution in [1.82, 2.24) is 104 Å². The third kappa shape index (κ3) is 20.4. The Morgan fingerprint density at radius 1 is 0.457 bits per heavy atom. The first kappa shape index (κ1) is 92.4. The summed E-state index contributed by atoms with van der Waals surface area (Å²) in [6.45, 7) is 15.9. The number of rotatable bonds is 20. The van der Waals surface area contributed by atoms with E-state index in [-0.39, 0.29) is 53.6 Å². The van der Waals surface area contributed by atoms with Crippen molar-refractivity contribution in [3.8, 4) is 68.0 Å². The number of nitrogens with two attached hydrogens (primary N) is 2. The number of aromatic nitrogens is 21. The minimum atomic E-state index is -0.478. The molecule has 37 nitrogen and oxygen atoms in total. The largest absolute Gasteiger partial charge is 0.494 e. The van der Waals surface area contributed by atoms with Gasteiger partial charge in [-0.15, -0.1) is 20.4 Å². The van der Waals surface area contributed by atoms with E-state index in [0.717, 1.165) is 222 Å². The van der Waals surface area contributed by atoms with Crippen LogP contribution in [0.2, 0.25) is 15.3 Å². The fraction of sp³-hybridized carbons (Fsp3) is 0.416. The van der Waals surface area contributed by atoms with E-state index in [4.69, 9.17) is 94.4 Å². The van der Waals surface area contributed by atoms with Crippen LogP contribution in [0.15, 0.2) is 91.0 Å². The number of benzene rings is 4. The van der Waals surface area contributed by atoms with E-state index < -0.39 is 4.92 Å². The van der Waals surface area contributed by atoms with Crippen LogP contribution in [0.4, 0.5) is 34.1 Å². The number of ether oxygens (including phenoxy) is 7. The van der Waals surface area contributed by atoms with Crippen molar-refractivity contribution in [2.24, 2.45) is 45.8 Å². The van der Waals surface area contributed by atoms with Crippen LogP contribution in [0.5, 0.6) is 23.0 Å². The lowest BCUT2D eigenvalue weighted by Crippen LogP contribution is -2.19. The molecule has 10 aromatic heterocycles. The van der Waals surface area contributed by atoms with E-state index in [0.29, 0.717) is 72.8 Å². The molecule has 3 unspecified atom stereocenters. The molecule has 13 heterocycles. The van der Waals surface area contributed by atoms with E-state index in [9.17, 15) is 19.7 Å². The highest BCUT2D eigenvalue weighted by Gasteiger charge is 2.33. The molecule has 0 radical (unpaired) electrons. The number of nitrogen functional groups attached to an aromatic ring is 1. The summed E-state index contributed by atoms with van der Waals surface area (Å²) in [5.41, 5.74) is 29.0. The number of nitrogens with zero attached hydrogens (tertiary/aromatic N) is 22. The Labute approximate surface area is 758 Å². The number of carbonyl (C=O) groups excluding carboxylic acids is 2. The number of nitro benzene ring substituents is 1. The van der Waals surface area contributed by atoms with E-state index in [1.165, 1.54) is 13.2 Å². The first-order valence-electron chi connectivity index (χ1n) is 42.5. The molecule has 6 N–H and O–H groups in total. The Hall–Kier alpha value is -12.8. The normalized spacial score (nSPS) is 15.9. The third-order valence-corrected chi connectivity index (χ3v) is 23.9. The van der Waals surface area contributed by atoms with Crippen LogP contribution in [0, 0.1) is 70.4 Å². The average Bonchev–Trinajstić information content (AvgIpc) is 1.61. The van der Waals surface area contributed by atoms with E-state index in [1.54, 1.807) is 77.4 Å². The molecule has 678 valence electrons. The molecular weight excluding hydrogens is 1720 g/mol. The number of halogens is 3. The van der Waals surface area contributed by atoms with Crippen molar-refractivity contribution in [3.05, 3.63) is 162 Å². The molecular formula is C89H105Cl3N26O11. The molecule has 0 bridgehead atoms. The fourth-order valence-electron chi connectivity index (χ4n) is 15.7. The van der Waals surface area contributed by atoms with Gasteiger partial charge in [-0.2, -0.15) is 0 Å².